The minimum atomic E-state index is -0.508. The molecule has 0 unspecified atom stereocenters. The van der Waals surface area contributed by atoms with E-state index in [1.54, 1.807) is 6.92 Å². The summed E-state index contributed by atoms with van der Waals surface area (Å²) in [6.45, 7) is 1.99. The molecule has 0 aromatic carbocycles. The lowest BCUT2D eigenvalue weighted by molar-refractivity contribution is 0.0526. The van der Waals surface area contributed by atoms with Crippen molar-refractivity contribution in [2.45, 2.75) is 6.92 Å². The zero-order chi connectivity index (χ0) is 10.6. The van der Waals surface area contributed by atoms with Crippen LogP contribution in [0.3, 0.4) is 0 Å². The molecule has 6 heteroatoms. The van der Waals surface area contributed by atoms with Gasteiger partial charge in [0.05, 0.1) is 12.5 Å². The molecule has 0 saturated heterocycles. The van der Waals surface area contributed by atoms with Crippen LogP contribution in [0.2, 0.25) is 0 Å². The predicted molar refractivity (Wildman–Crippen MR) is 53.1 cm³/mol. The highest BCUT2D eigenvalue weighted by Gasteiger charge is 2.15. The molecule has 0 amide bonds. The van der Waals surface area contributed by atoms with Crippen LogP contribution in [0.4, 0.5) is 0 Å². The standard InChI is InChI=1S/C8H8ClNO3S/c1-2-13-8(12)7-10-5(4-14-7)6(11)3-9/h4H,2-3H2,1H3. The molecule has 76 valence electrons. The summed E-state index contributed by atoms with van der Waals surface area (Å²) in [5, 5.41) is 1.68. The first-order valence-electron chi connectivity index (χ1n) is 3.90. The van der Waals surface area contributed by atoms with E-state index in [9.17, 15) is 9.59 Å². The summed E-state index contributed by atoms with van der Waals surface area (Å²) < 4.78 is 4.72. The molecule has 4 nitrogen and oxygen atoms in total. The number of nitrogens with zero attached hydrogens (tertiary/aromatic N) is 1. The highest BCUT2D eigenvalue weighted by Crippen LogP contribution is 2.11. The molecule has 0 bridgehead atoms. The van der Waals surface area contributed by atoms with E-state index in [1.165, 1.54) is 5.38 Å². The lowest BCUT2D eigenvalue weighted by Gasteiger charge is -1.95. The Morgan fingerprint density at radius 3 is 2.93 bits per heavy atom. The van der Waals surface area contributed by atoms with Gasteiger partial charge in [0, 0.05) is 5.38 Å². The molecule has 0 saturated carbocycles. The summed E-state index contributed by atoms with van der Waals surface area (Å²) in [5.74, 6) is -0.934. The number of Topliss-reactive ketones (excluding diaryl/α,β-unsaturated/α-hetero) is 1. The molecular weight excluding hydrogens is 226 g/mol. The maximum absolute atomic E-state index is 11.2. The van der Waals surface area contributed by atoms with E-state index < -0.39 is 5.97 Å². The lowest BCUT2D eigenvalue weighted by Crippen LogP contribution is -2.06. The number of ketones is 1. The van der Waals surface area contributed by atoms with Crippen LogP contribution >= 0.6 is 22.9 Å². The van der Waals surface area contributed by atoms with Gasteiger partial charge in [0.2, 0.25) is 5.01 Å². The van der Waals surface area contributed by atoms with E-state index in [4.69, 9.17) is 16.3 Å². The minimum Gasteiger partial charge on any atom is -0.461 e. The number of aromatic nitrogens is 1. The Labute approximate surface area is 89.9 Å². The fourth-order valence-electron chi connectivity index (χ4n) is 0.757. The molecule has 1 heterocycles. The monoisotopic (exact) mass is 233 g/mol. The van der Waals surface area contributed by atoms with Crippen LogP contribution in [0.15, 0.2) is 5.38 Å². The Morgan fingerprint density at radius 2 is 2.36 bits per heavy atom. The fourth-order valence-corrected chi connectivity index (χ4v) is 1.61. The molecule has 0 atom stereocenters. The third-order valence-corrected chi connectivity index (χ3v) is 2.43. The predicted octanol–water partition coefficient (Wildman–Crippen LogP) is 1.74. The Kier molecular flexibility index (Phi) is 4.03. The Morgan fingerprint density at radius 1 is 1.64 bits per heavy atom. The summed E-state index contributed by atoms with van der Waals surface area (Å²) in [6, 6.07) is 0. The number of halogens is 1. The van der Waals surface area contributed by atoms with Gasteiger partial charge >= 0.3 is 5.97 Å². The van der Waals surface area contributed by atoms with Crippen molar-refractivity contribution in [3.63, 3.8) is 0 Å². The van der Waals surface area contributed by atoms with Crippen molar-refractivity contribution in [1.29, 1.82) is 0 Å². The molecule has 0 radical (unpaired) electrons. The summed E-state index contributed by atoms with van der Waals surface area (Å²) >= 11 is 6.41. The van der Waals surface area contributed by atoms with Gasteiger partial charge in [0.15, 0.2) is 5.78 Å². The molecule has 0 N–H and O–H groups in total. The van der Waals surface area contributed by atoms with E-state index in [-0.39, 0.29) is 29.0 Å². The van der Waals surface area contributed by atoms with Crippen molar-refractivity contribution in [2.24, 2.45) is 0 Å². The van der Waals surface area contributed by atoms with Crippen molar-refractivity contribution in [1.82, 2.24) is 4.98 Å². The largest absolute Gasteiger partial charge is 0.461 e. The van der Waals surface area contributed by atoms with Gasteiger partial charge in [-0.3, -0.25) is 4.79 Å². The van der Waals surface area contributed by atoms with Gasteiger partial charge in [0.25, 0.3) is 0 Å². The molecule has 0 aliphatic rings. The minimum absolute atomic E-state index is 0.133. The molecule has 1 aromatic rings. The van der Waals surface area contributed by atoms with E-state index in [0.29, 0.717) is 0 Å². The first-order chi connectivity index (χ1) is 6.69. The van der Waals surface area contributed by atoms with Crippen LogP contribution in [0.25, 0.3) is 0 Å². The smallest absolute Gasteiger partial charge is 0.367 e. The Bertz CT molecular complexity index is 350. The Balaban J connectivity index is 2.77. The molecule has 0 aliphatic carbocycles. The average molecular weight is 234 g/mol. The molecule has 1 aromatic heterocycles. The molecule has 0 aliphatic heterocycles. The number of rotatable bonds is 4. The zero-order valence-electron chi connectivity index (χ0n) is 7.45. The van der Waals surface area contributed by atoms with E-state index in [1.807, 2.05) is 0 Å². The second kappa shape index (κ2) is 5.07. The van der Waals surface area contributed by atoms with Gasteiger partial charge in [-0.1, -0.05) is 0 Å². The number of carbonyl (C=O) groups excluding carboxylic acids is 2. The first-order valence-corrected chi connectivity index (χ1v) is 5.32. The number of alkyl halides is 1. The molecule has 14 heavy (non-hydrogen) atoms. The molecule has 1 rings (SSSR count). The summed E-state index contributed by atoms with van der Waals surface area (Å²) in [5.41, 5.74) is 0.216. The SMILES string of the molecule is CCOC(=O)c1nc(C(=O)CCl)cs1. The molecular formula is C8H8ClNO3S. The summed E-state index contributed by atoms with van der Waals surface area (Å²) in [7, 11) is 0. The maximum Gasteiger partial charge on any atom is 0.367 e. The van der Waals surface area contributed by atoms with Crippen LogP contribution in [0.1, 0.15) is 27.2 Å². The second-order valence-electron chi connectivity index (χ2n) is 2.32. The maximum atomic E-state index is 11.2. The topological polar surface area (TPSA) is 56.3 Å². The van der Waals surface area contributed by atoms with E-state index in [0.717, 1.165) is 11.3 Å². The van der Waals surface area contributed by atoms with Crippen molar-refractivity contribution in [3.8, 4) is 0 Å². The van der Waals surface area contributed by atoms with Crippen molar-refractivity contribution >= 4 is 34.7 Å². The first kappa shape index (κ1) is 11.1. The van der Waals surface area contributed by atoms with E-state index >= 15 is 0 Å². The number of hydrogen-bond acceptors (Lipinski definition) is 5. The number of thiazole rings is 1. The van der Waals surface area contributed by atoms with Crippen molar-refractivity contribution in [3.05, 3.63) is 16.1 Å². The summed E-state index contributed by atoms with van der Waals surface area (Å²) in [6.07, 6.45) is 0. The van der Waals surface area contributed by atoms with Crippen molar-refractivity contribution < 1.29 is 14.3 Å². The van der Waals surface area contributed by atoms with Crippen LogP contribution in [-0.4, -0.2) is 29.2 Å². The zero-order valence-corrected chi connectivity index (χ0v) is 9.02. The number of ether oxygens (including phenoxy) is 1. The van der Waals surface area contributed by atoms with Crippen LogP contribution in [0, 0.1) is 0 Å². The number of hydrogen-bond donors (Lipinski definition) is 0. The number of carbonyl (C=O) groups is 2. The van der Waals surface area contributed by atoms with Crippen molar-refractivity contribution in [2.75, 3.05) is 12.5 Å². The van der Waals surface area contributed by atoms with Gasteiger partial charge in [0.1, 0.15) is 5.69 Å². The van der Waals surface area contributed by atoms with Gasteiger partial charge in [-0.05, 0) is 6.92 Å². The van der Waals surface area contributed by atoms with Crippen LogP contribution < -0.4 is 0 Å². The molecule has 0 spiro atoms. The van der Waals surface area contributed by atoms with Gasteiger partial charge in [-0.25, -0.2) is 9.78 Å². The quantitative estimate of drug-likeness (QED) is 0.452. The third-order valence-electron chi connectivity index (χ3n) is 1.36. The van der Waals surface area contributed by atoms with Gasteiger partial charge in [-0.2, -0.15) is 0 Å². The number of esters is 1. The normalized spacial score (nSPS) is 9.86. The highest BCUT2D eigenvalue weighted by atomic mass is 35.5. The van der Waals surface area contributed by atoms with Crippen LogP contribution in [-0.2, 0) is 4.74 Å². The summed E-state index contributed by atoms with van der Waals surface area (Å²) in [4.78, 5) is 26.0. The van der Waals surface area contributed by atoms with Gasteiger partial charge < -0.3 is 4.74 Å². The highest BCUT2D eigenvalue weighted by molar-refractivity contribution is 7.11. The lowest BCUT2D eigenvalue weighted by atomic mass is 10.3. The van der Waals surface area contributed by atoms with Crippen LogP contribution in [0.5, 0.6) is 0 Å². The molecule has 0 fully saturated rings. The fraction of sp³-hybridized carbons (Fsp3) is 0.375. The average Bonchev–Trinajstić information content (AvgIpc) is 2.66. The second-order valence-corrected chi connectivity index (χ2v) is 3.44. The van der Waals surface area contributed by atoms with Gasteiger partial charge in [-0.15, -0.1) is 22.9 Å². The van der Waals surface area contributed by atoms with E-state index in [2.05, 4.69) is 4.98 Å². The third kappa shape index (κ3) is 2.52. The Hall–Kier alpha value is -0.940.